The highest BCUT2D eigenvalue weighted by atomic mass is 16.5. The quantitative estimate of drug-likeness (QED) is 0.823. The van der Waals surface area contributed by atoms with Gasteiger partial charge in [0, 0.05) is 17.5 Å². The second kappa shape index (κ2) is 6.98. The molecule has 138 valence electrons. The van der Waals surface area contributed by atoms with E-state index in [1.54, 1.807) is 24.3 Å². The highest BCUT2D eigenvalue weighted by molar-refractivity contribution is 5.94. The summed E-state index contributed by atoms with van der Waals surface area (Å²) in [6.45, 7) is 7.74. The predicted octanol–water partition coefficient (Wildman–Crippen LogP) is 4.00. The van der Waals surface area contributed by atoms with E-state index < -0.39 is 0 Å². The number of furan rings is 1. The van der Waals surface area contributed by atoms with Gasteiger partial charge in [-0.25, -0.2) is 0 Å². The molecule has 1 amide bonds. The van der Waals surface area contributed by atoms with Gasteiger partial charge in [0.05, 0.1) is 6.04 Å². The zero-order valence-corrected chi connectivity index (χ0v) is 15.7. The Hall–Kier alpha value is -2.56. The topological polar surface area (TPSA) is 68.5 Å². The van der Waals surface area contributed by atoms with E-state index in [1.807, 2.05) is 13.0 Å². The summed E-state index contributed by atoms with van der Waals surface area (Å²) in [5, 5.41) is 3.07. The van der Waals surface area contributed by atoms with Gasteiger partial charge in [-0.2, -0.15) is 0 Å². The second-order valence-corrected chi connectivity index (χ2v) is 7.77. The highest BCUT2D eigenvalue weighted by Crippen LogP contribution is 2.41. The Bertz CT molecular complexity index is 817. The molecule has 1 aliphatic carbocycles. The van der Waals surface area contributed by atoms with Crippen molar-refractivity contribution in [2.24, 2.45) is 5.41 Å². The fourth-order valence-corrected chi connectivity index (χ4v) is 3.48. The molecule has 1 aliphatic rings. The average Bonchev–Trinajstić information content (AvgIpc) is 2.92. The number of rotatable bonds is 5. The molecule has 5 heteroatoms. The summed E-state index contributed by atoms with van der Waals surface area (Å²) in [6.07, 6.45) is 1.74. The smallest absolute Gasteiger partial charge is 0.258 e. The number of fused-ring (bicyclic) bond motifs is 1. The normalized spacial score (nSPS) is 18.1. The number of nitrogens with one attached hydrogen (secondary N) is 1. The monoisotopic (exact) mass is 355 g/mol. The predicted molar refractivity (Wildman–Crippen MR) is 98.4 cm³/mol. The van der Waals surface area contributed by atoms with Crippen LogP contribution < -0.4 is 10.1 Å². The zero-order valence-electron chi connectivity index (χ0n) is 15.7. The lowest BCUT2D eigenvalue weighted by molar-refractivity contribution is -0.124. The molecule has 0 aliphatic heterocycles. The van der Waals surface area contributed by atoms with E-state index in [0.717, 1.165) is 29.9 Å². The molecule has 1 unspecified atom stereocenters. The van der Waals surface area contributed by atoms with Gasteiger partial charge in [-0.1, -0.05) is 13.8 Å². The summed E-state index contributed by atoms with van der Waals surface area (Å²) in [5.74, 6) is 2.22. The van der Waals surface area contributed by atoms with E-state index in [2.05, 4.69) is 19.2 Å². The molecule has 0 bridgehead atoms. The maximum absolute atomic E-state index is 12.4. The van der Waals surface area contributed by atoms with E-state index in [4.69, 9.17) is 9.15 Å². The molecule has 0 fully saturated rings. The fourth-order valence-electron chi connectivity index (χ4n) is 3.48. The molecule has 0 saturated heterocycles. The summed E-state index contributed by atoms with van der Waals surface area (Å²) in [4.78, 5) is 23.7. The van der Waals surface area contributed by atoms with Crippen LogP contribution in [0.15, 0.2) is 34.7 Å². The van der Waals surface area contributed by atoms with E-state index in [9.17, 15) is 9.59 Å². The zero-order chi connectivity index (χ0) is 18.9. The van der Waals surface area contributed by atoms with E-state index >= 15 is 0 Å². The number of amides is 1. The van der Waals surface area contributed by atoms with Gasteiger partial charge >= 0.3 is 0 Å². The lowest BCUT2D eigenvalue weighted by atomic mass is 9.74. The van der Waals surface area contributed by atoms with Crippen LogP contribution in [-0.4, -0.2) is 18.3 Å². The minimum atomic E-state index is -0.173. The number of hydrogen-bond donors (Lipinski definition) is 1. The Morgan fingerprint density at radius 2 is 1.96 bits per heavy atom. The van der Waals surface area contributed by atoms with Crippen LogP contribution in [0.5, 0.6) is 5.75 Å². The molecule has 0 radical (unpaired) electrons. The van der Waals surface area contributed by atoms with Crippen LogP contribution in [0.4, 0.5) is 0 Å². The number of hydrogen-bond acceptors (Lipinski definition) is 4. The molecule has 5 nitrogen and oxygen atoms in total. The molecule has 2 aromatic rings. The maximum atomic E-state index is 12.4. The first kappa shape index (κ1) is 18.2. The number of aryl methyl sites for hydroxylation is 1. The number of ketones is 1. The molecule has 3 rings (SSSR count). The van der Waals surface area contributed by atoms with Crippen molar-refractivity contribution in [3.8, 4) is 5.75 Å². The first-order valence-corrected chi connectivity index (χ1v) is 8.86. The van der Waals surface area contributed by atoms with Crippen molar-refractivity contribution >= 4 is 11.7 Å². The fraction of sp³-hybridized carbons (Fsp3) is 0.429. The van der Waals surface area contributed by atoms with Crippen LogP contribution in [0.1, 0.15) is 60.7 Å². The van der Waals surface area contributed by atoms with Crippen LogP contribution in [-0.2, 0) is 11.2 Å². The first-order chi connectivity index (χ1) is 12.2. The molecular formula is C21H25NO4. The Labute approximate surface area is 153 Å². The molecular weight excluding hydrogens is 330 g/mol. The third-order valence-electron chi connectivity index (χ3n) is 4.70. The van der Waals surface area contributed by atoms with Crippen LogP contribution in [0.3, 0.4) is 0 Å². The third kappa shape index (κ3) is 4.15. The second-order valence-electron chi connectivity index (χ2n) is 7.77. The van der Waals surface area contributed by atoms with Crippen molar-refractivity contribution in [2.45, 2.75) is 46.6 Å². The van der Waals surface area contributed by atoms with Crippen LogP contribution >= 0.6 is 0 Å². The molecule has 1 N–H and O–H groups in total. The van der Waals surface area contributed by atoms with Crippen LogP contribution in [0, 0.1) is 12.3 Å². The summed E-state index contributed by atoms with van der Waals surface area (Å²) in [5.41, 5.74) is 1.76. The number of Topliss-reactive ketones (excluding diaryl/α,β-unsaturated/α-hetero) is 1. The van der Waals surface area contributed by atoms with Gasteiger partial charge in [0.25, 0.3) is 5.91 Å². The van der Waals surface area contributed by atoms with Gasteiger partial charge in [-0.3, -0.25) is 9.59 Å². The van der Waals surface area contributed by atoms with Crippen LogP contribution in [0.2, 0.25) is 0 Å². The first-order valence-electron chi connectivity index (χ1n) is 8.86. The average molecular weight is 355 g/mol. The van der Waals surface area contributed by atoms with E-state index in [0.29, 0.717) is 11.3 Å². The van der Waals surface area contributed by atoms with E-state index in [1.165, 1.54) is 6.92 Å². The van der Waals surface area contributed by atoms with Crippen molar-refractivity contribution in [1.82, 2.24) is 5.32 Å². The third-order valence-corrected chi connectivity index (χ3v) is 4.70. The summed E-state index contributed by atoms with van der Waals surface area (Å²) < 4.78 is 11.3. The lowest BCUT2D eigenvalue weighted by Crippen LogP contribution is -2.38. The largest absolute Gasteiger partial charge is 0.484 e. The number of carbonyl (C=O) groups is 2. The van der Waals surface area contributed by atoms with Crippen molar-refractivity contribution in [1.29, 1.82) is 0 Å². The summed E-state index contributed by atoms with van der Waals surface area (Å²) in [6, 6.07) is 8.73. The summed E-state index contributed by atoms with van der Waals surface area (Å²) >= 11 is 0. The van der Waals surface area contributed by atoms with Gasteiger partial charge < -0.3 is 14.5 Å². The number of benzene rings is 1. The number of ether oxygens (including phenoxy) is 1. The Morgan fingerprint density at radius 1 is 1.27 bits per heavy atom. The van der Waals surface area contributed by atoms with Crippen LogP contribution in [0.25, 0.3) is 0 Å². The van der Waals surface area contributed by atoms with Gasteiger partial charge in [-0.15, -0.1) is 0 Å². The number of carbonyl (C=O) groups excluding carboxylic acids is 2. The van der Waals surface area contributed by atoms with Crippen molar-refractivity contribution < 1.29 is 18.7 Å². The molecule has 1 heterocycles. The van der Waals surface area contributed by atoms with Gasteiger partial charge in [0.1, 0.15) is 17.3 Å². The SMILES string of the molecule is CC(=O)c1ccc(OCC(=O)NC2CC(C)(C)Cc3oc(C)cc32)cc1. The minimum absolute atomic E-state index is 0.000385. The van der Waals surface area contributed by atoms with E-state index in [-0.39, 0.29) is 29.8 Å². The Balaban J connectivity index is 1.62. The molecule has 1 aromatic carbocycles. The van der Waals surface area contributed by atoms with Gasteiger partial charge in [-0.05, 0) is 56.0 Å². The lowest BCUT2D eigenvalue weighted by Gasteiger charge is -2.34. The maximum Gasteiger partial charge on any atom is 0.258 e. The summed E-state index contributed by atoms with van der Waals surface area (Å²) in [7, 11) is 0. The highest BCUT2D eigenvalue weighted by Gasteiger charge is 2.35. The Kier molecular flexibility index (Phi) is 4.90. The molecule has 0 spiro atoms. The Morgan fingerprint density at radius 3 is 2.62 bits per heavy atom. The van der Waals surface area contributed by atoms with Gasteiger partial charge in [0.15, 0.2) is 12.4 Å². The van der Waals surface area contributed by atoms with Gasteiger partial charge in [0.2, 0.25) is 0 Å². The minimum Gasteiger partial charge on any atom is -0.484 e. The van der Waals surface area contributed by atoms with Crippen molar-refractivity contribution in [2.75, 3.05) is 6.61 Å². The standard InChI is InChI=1S/C21H25NO4/c1-13-9-17-18(10-21(3,4)11-19(17)26-13)22-20(24)12-25-16-7-5-15(6-8-16)14(2)23/h5-9,18H,10-12H2,1-4H3,(H,22,24). The molecule has 26 heavy (non-hydrogen) atoms. The molecule has 0 saturated carbocycles. The molecule has 1 atom stereocenters. The van der Waals surface area contributed by atoms with Crippen molar-refractivity contribution in [3.05, 3.63) is 53.0 Å². The van der Waals surface area contributed by atoms with Crippen molar-refractivity contribution in [3.63, 3.8) is 0 Å². The molecule has 1 aromatic heterocycles.